The van der Waals surface area contributed by atoms with Gasteiger partial charge in [-0.05, 0) is 19.9 Å². The van der Waals surface area contributed by atoms with E-state index in [2.05, 4.69) is 5.32 Å². The zero-order valence-electron chi connectivity index (χ0n) is 9.12. The number of hydrogen-bond acceptors (Lipinski definition) is 4. The lowest BCUT2D eigenvalue weighted by Gasteiger charge is -2.23. The molecular weight excluding hydrogens is 198 g/mol. The van der Waals surface area contributed by atoms with Crippen molar-refractivity contribution in [1.82, 2.24) is 5.32 Å². The molecule has 0 radical (unpaired) electrons. The third-order valence-corrected chi connectivity index (χ3v) is 4.02. The van der Waals surface area contributed by atoms with Crippen molar-refractivity contribution in [2.75, 3.05) is 39.7 Å². The van der Waals surface area contributed by atoms with E-state index in [1.807, 2.05) is 18.8 Å². The Balaban J connectivity index is 2.10. The highest BCUT2D eigenvalue weighted by molar-refractivity contribution is 7.99. The third-order valence-electron chi connectivity index (χ3n) is 2.48. The molecule has 3 nitrogen and oxygen atoms in total. The van der Waals surface area contributed by atoms with Gasteiger partial charge in [-0.2, -0.15) is 11.8 Å². The van der Waals surface area contributed by atoms with E-state index in [1.54, 1.807) is 7.11 Å². The largest absolute Gasteiger partial charge is 0.383 e. The molecule has 0 amide bonds. The number of hydrogen-bond donors (Lipinski definition) is 1. The van der Waals surface area contributed by atoms with Gasteiger partial charge in [-0.3, -0.25) is 0 Å². The van der Waals surface area contributed by atoms with E-state index in [-0.39, 0.29) is 0 Å². The van der Waals surface area contributed by atoms with Gasteiger partial charge in [0.2, 0.25) is 0 Å². The van der Waals surface area contributed by atoms with Crippen LogP contribution in [-0.2, 0) is 9.47 Å². The second kappa shape index (κ2) is 7.51. The van der Waals surface area contributed by atoms with Gasteiger partial charge >= 0.3 is 0 Å². The van der Waals surface area contributed by atoms with E-state index >= 15 is 0 Å². The van der Waals surface area contributed by atoms with Crippen LogP contribution in [0.3, 0.4) is 0 Å². The average molecular weight is 219 g/mol. The predicted molar refractivity (Wildman–Crippen MR) is 61.0 cm³/mol. The smallest absolute Gasteiger partial charge is 0.0623 e. The van der Waals surface area contributed by atoms with E-state index < -0.39 is 0 Å². The SMILES string of the molecule is CNC(COC)CSC1CCOCC1. The molecule has 0 aromatic carbocycles. The van der Waals surface area contributed by atoms with E-state index in [4.69, 9.17) is 9.47 Å². The molecule has 1 rings (SSSR count). The van der Waals surface area contributed by atoms with Crippen molar-refractivity contribution in [3.63, 3.8) is 0 Å². The fourth-order valence-corrected chi connectivity index (χ4v) is 2.80. The molecule has 84 valence electrons. The lowest BCUT2D eigenvalue weighted by atomic mass is 10.2. The molecule has 14 heavy (non-hydrogen) atoms. The first-order valence-corrected chi connectivity index (χ1v) is 6.27. The summed E-state index contributed by atoms with van der Waals surface area (Å²) in [5.41, 5.74) is 0. The summed E-state index contributed by atoms with van der Waals surface area (Å²) < 4.78 is 10.5. The maximum atomic E-state index is 5.33. The van der Waals surface area contributed by atoms with E-state index in [0.29, 0.717) is 6.04 Å². The highest BCUT2D eigenvalue weighted by atomic mass is 32.2. The predicted octanol–water partition coefficient (Wildman–Crippen LogP) is 1.13. The molecule has 1 unspecified atom stereocenters. The van der Waals surface area contributed by atoms with E-state index in [0.717, 1.165) is 30.8 Å². The van der Waals surface area contributed by atoms with Crippen LogP contribution in [-0.4, -0.2) is 51.0 Å². The minimum atomic E-state index is 0.479. The van der Waals surface area contributed by atoms with Gasteiger partial charge < -0.3 is 14.8 Å². The van der Waals surface area contributed by atoms with Gasteiger partial charge in [-0.1, -0.05) is 0 Å². The van der Waals surface area contributed by atoms with E-state index in [1.165, 1.54) is 12.8 Å². The van der Waals surface area contributed by atoms with Crippen molar-refractivity contribution in [3.8, 4) is 0 Å². The molecule has 4 heteroatoms. The number of methoxy groups -OCH3 is 1. The molecule has 1 saturated heterocycles. The molecule has 1 aliphatic heterocycles. The zero-order chi connectivity index (χ0) is 10.2. The number of likely N-dealkylation sites (N-methyl/N-ethyl adjacent to an activating group) is 1. The molecule has 0 aromatic heterocycles. The quantitative estimate of drug-likeness (QED) is 0.725. The summed E-state index contributed by atoms with van der Waals surface area (Å²) in [6, 6.07) is 0.479. The monoisotopic (exact) mass is 219 g/mol. The van der Waals surface area contributed by atoms with Gasteiger partial charge in [0.15, 0.2) is 0 Å². The number of ether oxygens (including phenoxy) is 2. The van der Waals surface area contributed by atoms with Crippen LogP contribution in [0.25, 0.3) is 0 Å². The summed E-state index contributed by atoms with van der Waals surface area (Å²) in [5, 5.41) is 4.05. The van der Waals surface area contributed by atoms with Gasteiger partial charge in [0.05, 0.1) is 6.61 Å². The van der Waals surface area contributed by atoms with Crippen LogP contribution in [0.2, 0.25) is 0 Å². The summed E-state index contributed by atoms with van der Waals surface area (Å²) >= 11 is 2.05. The first-order valence-electron chi connectivity index (χ1n) is 5.22. The van der Waals surface area contributed by atoms with Crippen molar-refractivity contribution >= 4 is 11.8 Å². The van der Waals surface area contributed by atoms with Gasteiger partial charge in [0.25, 0.3) is 0 Å². The van der Waals surface area contributed by atoms with Gasteiger partial charge in [0, 0.05) is 37.4 Å². The fraction of sp³-hybridized carbons (Fsp3) is 1.00. The molecule has 0 bridgehead atoms. The van der Waals surface area contributed by atoms with Crippen molar-refractivity contribution < 1.29 is 9.47 Å². The Hall–Kier alpha value is 0.230. The van der Waals surface area contributed by atoms with Crippen molar-refractivity contribution in [3.05, 3.63) is 0 Å². The third kappa shape index (κ3) is 4.64. The molecule has 0 spiro atoms. The topological polar surface area (TPSA) is 30.5 Å². The normalized spacial score (nSPS) is 21.0. The van der Waals surface area contributed by atoms with Crippen LogP contribution in [0.1, 0.15) is 12.8 Å². The Labute approximate surface area is 90.9 Å². The molecule has 1 fully saturated rings. The van der Waals surface area contributed by atoms with Crippen LogP contribution in [0.5, 0.6) is 0 Å². The second-order valence-corrected chi connectivity index (χ2v) is 4.92. The van der Waals surface area contributed by atoms with Crippen molar-refractivity contribution in [1.29, 1.82) is 0 Å². The van der Waals surface area contributed by atoms with Gasteiger partial charge in [-0.25, -0.2) is 0 Å². The maximum absolute atomic E-state index is 5.33. The average Bonchev–Trinajstić information content (AvgIpc) is 2.25. The summed E-state index contributed by atoms with van der Waals surface area (Å²) in [6.07, 6.45) is 2.40. The number of nitrogens with one attached hydrogen (secondary N) is 1. The standard InChI is InChI=1S/C10H21NO2S/c1-11-9(7-12-2)8-14-10-3-5-13-6-4-10/h9-11H,3-8H2,1-2H3. The first kappa shape index (κ1) is 12.3. The summed E-state index contributed by atoms with van der Waals surface area (Å²) in [6.45, 7) is 2.67. The Kier molecular flexibility index (Phi) is 6.60. The first-order chi connectivity index (χ1) is 6.86. The number of rotatable bonds is 6. The maximum Gasteiger partial charge on any atom is 0.0623 e. The minimum Gasteiger partial charge on any atom is -0.383 e. The zero-order valence-corrected chi connectivity index (χ0v) is 9.94. The molecule has 1 heterocycles. The summed E-state index contributed by atoms with van der Waals surface area (Å²) in [7, 11) is 3.75. The number of thioether (sulfide) groups is 1. The molecule has 1 atom stereocenters. The van der Waals surface area contributed by atoms with Crippen LogP contribution in [0.15, 0.2) is 0 Å². The summed E-state index contributed by atoms with van der Waals surface area (Å²) in [5.74, 6) is 1.13. The molecule has 0 saturated carbocycles. The highest BCUT2D eigenvalue weighted by Gasteiger charge is 2.16. The van der Waals surface area contributed by atoms with Crippen LogP contribution in [0, 0.1) is 0 Å². The van der Waals surface area contributed by atoms with Crippen molar-refractivity contribution in [2.45, 2.75) is 24.1 Å². The lowest BCUT2D eigenvalue weighted by Crippen LogP contribution is -2.33. The fourth-order valence-electron chi connectivity index (χ4n) is 1.51. The van der Waals surface area contributed by atoms with E-state index in [9.17, 15) is 0 Å². The van der Waals surface area contributed by atoms with Crippen molar-refractivity contribution in [2.24, 2.45) is 0 Å². The second-order valence-electron chi connectivity index (χ2n) is 3.59. The molecule has 1 aliphatic rings. The summed E-state index contributed by atoms with van der Waals surface area (Å²) in [4.78, 5) is 0. The molecule has 0 aromatic rings. The lowest BCUT2D eigenvalue weighted by molar-refractivity contribution is 0.0999. The van der Waals surface area contributed by atoms with Crippen LogP contribution in [0.4, 0.5) is 0 Å². The van der Waals surface area contributed by atoms with Gasteiger partial charge in [0.1, 0.15) is 0 Å². The van der Waals surface area contributed by atoms with Gasteiger partial charge in [-0.15, -0.1) is 0 Å². The van der Waals surface area contributed by atoms with Crippen LogP contribution < -0.4 is 5.32 Å². The highest BCUT2D eigenvalue weighted by Crippen LogP contribution is 2.22. The Morgan fingerprint density at radius 1 is 1.50 bits per heavy atom. The molecule has 0 aliphatic carbocycles. The Morgan fingerprint density at radius 2 is 2.21 bits per heavy atom. The molecular formula is C10H21NO2S. The van der Waals surface area contributed by atoms with Crippen LogP contribution >= 0.6 is 11.8 Å². The Bertz CT molecular complexity index is 135. The molecule has 1 N–H and O–H groups in total. The minimum absolute atomic E-state index is 0.479. The Morgan fingerprint density at radius 3 is 2.79 bits per heavy atom.